The number of nitrogens with zero attached hydrogens (tertiary/aromatic N) is 4. The molecule has 1 saturated heterocycles. The molecule has 1 aromatic heterocycles. The zero-order chi connectivity index (χ0) is 18.2. The smallest absolute Gasteiger partial charge is 0.326 e. The van der Waals surface area contributed by atoms with Crippen LogP contribution < -0.4 is 5.73 Å². The summed E-state index contributed by atoms with van der Waals surface area (Å²) in [6, 6.07) is 4.35. The molecular weight excluding hydrogens is 359 g/mol. The van der Waals surface area contributed by atoms with Crippen molar-refractivity contribution < 1.29 is 18.0 Å². The monoisotopic (exact) mass is 373 g/mol. The van der Waals surface area contributed by atoms with E-state index >= 15 is 0 Å². The molecule has 2 unspecified atom stereocenters. The van der Waals surface area contributed by atoms with Gasteiger partial charge in [-0.25, -0.2) is 4.68 Å². The van der Waals surface area contributed by atoms with Crippen LogP contribution in [0.1, 0.15) is 23.3 Å². The lowest BCUT2D eigenvalue weighted by Crippen LogP contribution is -2.56. The summed E-state index contributed by atoms with van der Waals surface area (Å²) < 4.78 is 40.9. The van der Waals surface area contributed by atoms with Crippen molar-refractivity contribution in [2.45, 2.75) is 31.1 Å². The first-order valence-corrected chi connectivity index (χ1v) is 7.95. The third-order valence-corrected chi connectivity index (χ3v) is 4.39. The summed E-state index contributed by atoms with van der Waals surface area (Å²) in [7, 11) is 0. The highest BCUT2D eigenvalue weighted by atomic mass is 35.5. The Hall–Kier alpha value is -2.13. The maximum Gasteiger partial charge on any atom is 0.408 e. The van der Waals surface area contributed by atoms with E-state index in [2.05, 4.69) is 10.3 Å². The molecule has 2 aromatic rings. The Bertz CT molecular complexity index is 779. The first kappa shape index (κ1) is 17.7. The Morgan fingerprint density at radius 1 is 1.28 bits per heavy atom. The quantitative estimate of drug-likeness (QED) is 0.877. The minimum atomic E-state index is -4.52. The van der Waals surface area contributed by atoms with Crippen molar-refractivity contribution in [3.8, 4) is 5.69 Å². The largest absolute Gasteiger partial charge is 0.408 e. The molecule has 10 heteroatoms. The van der Waals surface area contributed by atoms with Gasteiger partial charge in [-0.05, 0) is 25.0 Å². The fourth-order valence-corrected chi connectivity index (χ4v) is 3.05. The Kier molecular flexibility index (Phi) is 4.70. The van der Waals surface area contributed by atoms with Gasteiger partial charge in [0.2, 0.25) is 0 Å². The van der Waals surface area contributed by atoms with Crippen LogP contribution in [0.15, 0.2) is 30.5 Å². The maximum absolute atomic E-state index is 13.2. The Labute approximate surface area is 146 Å². The van der Waals surface area contributed by atoms with Crippen LogP contribution in [-0.2, 0) is 0 Å². The molecule has 1 aliphatic rings. The molecule has 2 N–H and O–H groups in total. The third-order valence-electron chi connectivity index (χ3n) is 4.07. The second kappa shape index (κ2) is 6.64. The molecule has 2 heterocycles. The average Bonchev–Trinajstić information content (AvgIpc) is 3.03. The first-order chi connectivity index (χ1) is 11.8. The number of benzene rings is 1. The summed E-state index contributed by atoms with van der Waals surface area (Å²) in [5.74, 6) is -0.851. The predicted molar refractivity (Wildman–Crippen MR) is 84.5 cm³/mol. The zero-order valence-corrected chi connectivity index (χ0v) is 13.7. The number of piperidine rings is 1. The molecule has 0 radical (unpaired) electrons. The van der Waals surface area contributed by atoms with E-state index in [1.54, 1.807) is 24.3 Å². The number of rotatable bonds is 2. The fraction of sp³-hybridized carbons (Fsp3) is 0.400. The number of amides is 1. The molecule has 2 atom stereocenters. The van der Waals surface area contributed by atoms with Gasteiger partial charge < -0.3 is 10.6 Å². The van der Waals surface area contributed by atoms with Gasteiger partial charge >= 0.3 is 6.18 Å². The molecule has 1 amide bonds. The molecule has 1 fully saturated rings. The summed E-state index contributed by atoms with van der Waals surface area (Å²) >= 11 is 6.05. The predicted octanol–water partition coefficient (Wildman–Crippen LogP) is 2.41. The van der Waals surface area contributed by atoms with Crippen LogP contribution in [-0.4, -0.2) is 50.6 Å². The molecule has 0 aliphatic carbocycles. The molecule has 134 valence electrons. The molecule has 0 spiro atoms. The molecule has 3 rings (SSSR count). The van der Waals surface area contributed by atoms with Crippen molar-refractivity contribution in [1.82, 2.24) is 19.9 Å². The van der Waals surface area contributed by atoms with Crippen molar-refractivity contribution in [3.05, 3.63) is 41.2 Å². The van der Waals surface area contributed by atoms with Crippen LogP contribution >= 0.6 is 11.6 Å². The summed E-state index contributed by atoms with van der Waals surface area (Å²) in [4.78, 5) is 13.3. The van der Waals surface area contributed by atoms with Crippen molar-refractivity contribution >= 4 is 17.5 Å². The fourth-order valence-electron chi connectivity index (χ4n) is 2.83. The second-order valence-corrected chi connectivity index (χ2v) is 6.26. The van der Waals surface area contributed by atoms with Gasteiger partial charge in [-0.15, -0.1) is 5.10 Å². The Morgan fingerprint density at radius 3 is 2.68 bits per heavy atom. The molecule has 6 nitrogen and oxygen atoms in total. The molecule has 25 heavy (non-hydrogen) atoms. The summed E-state index contributed by atoms with van der Waals surface area (Å²) in [6.45, 7) is -0.179. The SMILES string of the molecule is NC1CCC(C(F)(F)F)N(C(=O)c2cn(-c3ccccc3Cl)nn2)C1. The number of alkyl halides is 3. The number of halogens is 4. The lowest BCUT2D eigenvalue weighted by molar-refractivity contribution is -0.184. The second-order valence-electron chi connectivity index (χ2n) is 5.85. The van der Waals surface area contributed by atoms with Crippen LogP contribution in [0.5, 0.6) is 0 Å². The summed E-state index contributed by atoms with van der Waals surface area (Å²) in [6.07, 6.45) is -3.28. The molecule has 1 aromatic carbocycles. The average molecular weight is 374 g/mol. The number of nitrogens with two attached hydrogens (primary N) is 1. The topological polar surface area (TPSA) is 77.0 Å². The number of carbonyl (C=O) groups excluding carboxylic acids is 1. The number of para-hydroxylation sites is 1. The van der Waals surface area contributed by atoms with E-state index < -0.39 is 24.2 Å². The molecule has 0 saturated carbocycles. The lowest BCUT2D eigenvalue weighted by atomic mass is 9.98. The summed E-state index contributed by atoms with van der Waals surface area (Å²) in [5, 5.41) is 7.87. The van der Waals surface area contributed by atoms with Gasteiger partial charge in [-0.1, -0.05) is 28.9 Å². The Balaban J connectivity index is 1.88. The van der Waals surface area contributed by atoms with Gasteiger partial charge in [0.1, 0.15) is 6.04 Å². The highest BCUT2D eigenvalue weighted by molar-refractivity contribution is 6.32. The minimum Gasteiger partial charge on any atom is -0.326 e. The van der Waals surface area contributed by atoms with E-state index in [1.807, 2.05) is 0 Å². The molecule has 0 bridgehead atoms. The van der Waals surface area contributed by atoms with Crippen molar-refractivity contribution in [3.63, 3.8) is 0 Å². The number of hydrogen-bond acceptors (Lipinski definition) is 4. The molecular formula is C15H15ClF3N5O. The van der Waals surface area contributed by atoms with Crippen molar-refractivity contribution in [2.24, 2.45) is 5.73 Å². The first-order valence-electron chi connectivity index (χ1n) is 7.58. The van der Waals surface area contributed by atoms with Gasteiger partial charge in [0.05, 0.1) is 16.9 Å². The number of hydrogen-bond donors (Lipinski definition) is 1. The van der Waals surface area contributed by atoms with E-state index in [0.29, 0.717) is 10.7 Å². The van der Waals surface area contributed by atoms with E-state index in [4.69, 9.17) is 17.3 Å². The van der Waals surface area contributed by atoms with Crippen LogP contribution in [0.3, 0.4) is 0 Å². The van der Waals surface area contributed by atoms with Crippen LogP contribution in [0, 0.1) is 0 Å². The highest BCUT2D eigenvalue weighted by Crippen LogP contribution is 2.32. The van der Waals surface area contributed by atoms with Crippen molar-refractivity contribution in [2.75, 3.05) is 6.54 Å². The van der Waals surface area contributed by atoms with Gasteiger partial charge in [0.15, 0.2) is 5.69 Å². The highest BCUT2D eigenvalue weighted by Gasteiger charge is 2.48. The lowest BCUT2D eigenvalue weighted by Gasteiger charge is -2.38. The third kappa shape index (κ3) is 3.62. The van der Waals surface area contributed by atoms with Gasteiger partial charge in [0.25, 0.3) is 5.91 Å². The molecule has 1 aliphatic heterocycles. The number of carbonyl (C=O) groups is 1. The van der Waals surface area contributed by atoms with Crippen LogP contribution in [0.2, 0.25) is 5.02 Å². The zero-order valence-electron chi connectivity index (χ0n) is 12.9. The summed E-state index contributed by atoms with van der Waals surface area (Å²) in [5.41, 5.74) is 6.02. The number of aromatic nitrogens is 3. The van der Waals surface area contributed by atoms with E-state index in [1.165, 1.54) is 10.9 Å². The normalized spacial score (nSPS) is 21.4. The van der Waals surface area contributed by atoms with Gasteiger partial charge in [-0.2, -0.15) is 13.2 Å². The van der Waals surface area contributed by atoms with Gasteiger partial charge in [-0.3, -0.25) is 4.79 Å². The number of likely N-dealkylation sites (tertiary alicyclic amines) is 1. The van der Waals surface area contributed by atoms with Gasteiger partial charge in [0, 0.05) is 12.6 Å². The maximum atomic E-state index is 13.2. The van der Waals surface area contributed by atoms with E-state index in [9.17, 15) is 18.0 Å². The van der Waals surface area contributed by atoms with Crippen LogP contribution in [0.25, 0.3) is 5.69 Å². The standard InChI is InChI=1S/C15H15ClF3N5O/c16-10-3-1-2-4-12(10)24-8-11(21-22-24)14(25)23-7-9(20)5-6-13(23)15(17,18)19/h1-4,8-9,13H,5-7,20H2. The minimum absolute atomic E-state index is 0.179. The van der Waals surface area contributed by atoms with Crippen LogP contribution in [0.4, 0.5) is 13.2 Å². The Morgan fingerprint density at radius 2 is 2.00 bits per heavy atom. The van der Waals surface area contributed by atoms with E-state index in [-0.39, 0.29) is 25.1 Å². The van der Waals surface area contributed by atoms with E-state index in [0.717, 1.165) is 4.90 Å². The van der Waals surface area contributed by atoms with Crippen molar-refractivity contribution in [1.29, 1.82) is 0 Å².